The Labute approximate surface area is 167 Å². The first-order valence-corrected chi connectivity index (χ1v) is 8.84. The van der Waals surface area contributed by atoms with Gasteiger partial charge in [0.25, 0.3) is 0 Å². The van der Waals surface area contributed by atoms with Crippen molar-refractivity contribution in [3.05, 3.63) is 77.4 Å². The van der Waals surface area contributed by atoms with Crippen LogP contribution in [0.2, 0.25) is 0 Å². The van der Waals surface area contributed by atoms with Gasteiger partial charge in [0.1, 0.15) is 23.7 Å². The number of carbonyl (C=O) groups excluding carboxylic acids is 1. The molecule has 0 atom stereocenters. The van der Waals surface area contributed by atoms with Crippen LogP contribution in [0.15, 0.2) is 60.7 Å². The van der Waals surface area contributed by atoms with Gasteiger partial charge in [0.2, 0.25) is 0 Å². The molecule has 3 rings (SSSR count). The molecule has 1 N–H and O–H groups in total. The van der Waals surface area contributed by atoms with E-state index < -0.39 is 11.9 Å². The molecule has 0 aliphatic rings. The highest BCUT2D eigenvalue weighted by Crippen LogP contribution is 2.32. The van der Waals surface area contributed by atoms with Crippen molar-refractivity contribution < 1.29 is 28.9 Å². The number of ether oxygens (including phenoxy) is 3. The van der Waals surface area contributed by atoms with Gasteiger partial charge < -0.3 is 19.3 Å². The van der Waals surface area contributed by atoms with Crippen molar-refractivity contribution in [3.63, 3.8) is 0 Å². The zero-order valence-electron chi connectivity index (χ0n) is 16.0. The summed E-state index contributed by atoms with van der Waals surface area (Å²) in [6, 6.07) is 16.4. The van der Waals surface area contributed by atoms with Crippen LogP contribution in [-0.4, -0.2) is 31.3 Å². The summed E-state index contributed by atoms with van der Waals surface area (Å²) in [6.45, 7) is 0.121. The number of benzene rings is 3. The van der Waals surface area contributed by atoms with Crippen LogP contribution >= 0.6 is 0 Å². The molecule has 6 nitrogen and oxygen atoms in total. The molecular weight excluding hydrogens is 372 g/mol. The summed E-state index contributed by atoms with van der Waals surface area (Å²) in [5.41, 5.74) is 1.73. The van der Waals surface area contributed by atoms with Crippen LogP contribution in [-0.2, 0) is 16.1 Å². The quantitative estimate of drug-likeness (QED) is 0.477. The second-order valence-electron chi connectivity index (χ2n) is 6.19. The lowest BCUT2D eigenvalue weighted by Gasteiger charge is -2.15. The number of methoxy groups -OCH3 is 2. The molecule has 29 heavy (non-hydrogen) atoms. The second-order valence-corrected chi connectivity index (χ2v) is 6.19. The lowest BCUT2D eigenvalue weighted by Crippen LogP contribution is -2.07. The van der Waals surface area contributed by atoms with Crippen molar-refractivity contribution in [3.8, 4) is 11.5 Å². The first kappa shape index (κ1) is 19.9. The fourth-order valence-corrected chi connectivity index (χ4v) is 3.00. The highest BCUT2D eigenvalue weighted by atomic mass is 16.5. The van der Waals surface area contributed by atoms with E-state index in [2.05, 4.69) is 0 Å². The maximum absolute atomic E-state index is 12.2. The predicted octanol–water partition coefficient (Wildman–Crippen LogP) is 4.31. The smallest absolute Gasteiger partial charge is 0.341 e. The molecule has 0 saturated heterocycles. The fourth-order valence-electron chi connectivity index (χ4n) is 3.00. The lowest BCUT2D eigenvalue weighted by molar-refractivity contribution is -0.131. The van der Waals surface area contributed by atoms with E-state index in [1.165, 1.54) is 13.2 Å². The average molecular weight is 392 g/mol. The first-order chi connectivity index (χ1) is 14.0. The van der Waals surface area contributed by atoms with Crippen molar-refractivity contribution in [1.29, 1.82) is 0 Å². The third kappa shape index (κ3) is 4.55. The van der Waals surface area contributed by atoms with Crippen molar-refractivity contribution in [2.24, 2.45) is 0 Å². The first-order valence-electron chi connectivity index (χ1n) is 8.84. The maximum atomic E-state index is 12.2. The third-order valence-corrected chi connectivity index (χ3v) is 4.38. The van der Waals surface area contributed by atoms with Crippen LogP contribution in [0.5, 0.6) is 11.5 Å². The summed E-state index contributed by atoms with van der Waals surface area (Å²) >= 11 is 0. The Kier molecular flexibility index (Phi) is 6.14. The number of carbonyl (C=O) groups is 2. The molecule has 0 spiro atoms. The minimum absolute atomic E-state index is 0.121. The molecule has 0 unspecified atom stereocenters. The predicted molar refractivity (Wildman–Crippen MR) is 109 cm³/mol. The van der Waals surface area contributed by atoms with Gasteiger partial charge in [0.15, 0.2) is 0 Å². The molecule has 0 radical (unpaired) electrons. The van der Waals surface area contributed by atoms with E-state index >= 15 is 0 Å². The Morgan fingerprint density at radius 3 is 2.55 bits per heavy atom. The summed E-state index contributed by atoms with van der Waals surface area (Å²) in [6.07, 6.45) is 2.55. The van der Waals surface area contributed by atoms with E-state index in [0.717, 1.165) is 16.8 Å². The van der Waals surface area contributed by atoms with Gasteiger partial charge >= 0.3 is 11.9 Å². The van der Waals surface area contributed by atoms with E-state index in [-0.39, 0.29) is 6.61 Å². The van der Waals surface area contributed by atoms with Gasteiger partial charge in [-0.3, -0.25) is 0 Å². The van der Waals surface area contributed by atoms with Gasteiger partial charge in [0.05, 0.1) is 14.2 Å². The Hall–Kier alpha value is -3.80. The number of carboxylic acid groups (broad SMARTS) is 1. The van der Waals surface area contributed by atoms with E-state index in [9.17, 15) is 9.59 Å². The van der Waals surface area contributed by atoms with Crippen molar-refractivity contribution >= 4 is 28.8 Å². The molecule has 0 amide bonds. The highest BCUT2D eigenvalue weighted by Gasteiger charge is 2.17. The highest BCUT2D eigenvalue weighted by molar-refractivity contribution is 6.01. The van der Waals surface area contributed by atoms with Gasteiger partial charge in [-0.25, -0.2) is 9.59 Å². The molecule has 3 aromatic carbocycles. The van der Waals surface area contributed by atoms with Gasteiger partial charge in [-0.2, -0.15) is 0 Å². The molecule has 0 aliphatic heterocycles. The molecular formula is C23H20O6. The largest absolute Gasteiger partial charge is 0.496 e. The van der Waals surface area contributed by atoms with Crippen LogP contribution < -0.4 is 9.47 Å². The Morgan fingerprint density at radius 1 is 1.03 bits per heavy atom. The number of esters is 1. The Balaban J connectivity index is 1.99. The van der Waals surface area contributed by atoms with E-state index in [4.69, 9.17) is 19.3 Å². The van der Waals surface area contributed by atoms with Crippen LogP contribution in [0.25, 0.3) is 16.8 Å². The van der Waals surface area contributed by atoms with Crippen LogP contribution in [0.1, 0.15) is 21.5 Å². The van der Waals surface area contributed by atoms with E-state index in [1.54, 1.807) is 31.4 Å². The standard InChI is InChI=1S/C23H20O6/c1-27-20-11-7-15(8-12-21(24)25)13-17(20)14-29-22-18-6-4-3-5-16(18)9-10-19(22)23(26)28-2/h3-13H,14H2,1-2H3,(H,24,25). The summed E-state index contributed by atoms with van der Waals surface area (Å²) in [5, 5.41) is 10.5. The number of carboxylic acids is 1. The van der Waals surface area contributed by atoms with Crippen LogP contribution in [0.3, 0.4) is 0 Å². The normalized spacial score (nSPS) is 10.8. The maximum Gasteiger partial charge on any atom is 0.341 e. The van der Waals surface area contributed by atoms with Gasteiger partial charge in [0, 0.05) is 17.0 Å². The number of aliphatic carboxylic acids is 1. The van der Waals surface area contributed by atoms with Gasteiger partial charge in [-0.1, -0.05) is 36.4 Å². The van der Waals surface area contributed by atoms with E-state index in [1.807, 2.05) is 30.3 Å². The zero-order chi connectivity index (χ0) is 20.8. The molecule has 6 heteroatoms. The molecule has 0 saturated carbocycles. The molecule has 0 heterocycles. The third-order valence-electron chi connectivity index (χ3n) is 4.38. The molecule has 0 fully saturated rings. The van der Waals surface area contributed by atoms with E-state index in [0.29, 0.717) is 28.2 Å². The fraction of sp³-hybridized carbons (Fsp3) is 0.130. The second kappa shape index (κ2) is 8.93. The molecule has 0 aliphatic carbocycles. The summed E-state index contributed by atoms with van der Waals surface area (Å²) in [7, 11) is 2.87. The number of rotatable bonds is 7. The van der Waals surface area contributed by atoms with Crippen molar-refractivity contribution in [2.75, 3.05) is 14.2 Å². The summed E-state index contributed by atoms with van der Waals surface area (Å²) in [4.78, 5) is 23.0. The van der Waals surface area contributed by atoms with Gasteiger partial charge in [-0.05, 0) is 35.2 Å². The minimum Gasteiger partial charge on any atom is -0.496 e. The van der Waals surface area contributed by atoms with Crippen molar-refractivity contribution in [2.45, 2.75) is 6.61 Å². The molecule has 148 valence electrons. The average Bonchev–Trinajstić information content (AvgIpc) is 2.75. The number of hydrogen-bond acceptors (Lipinski definition) is 5. The monoisotopic (exact) mass is 392 g/mol. The SMILES string of the molecule is COC(=O)c1ccc2ccccc2c1OCc1cc(C=CC(=O)O)ccc1OC. The molecule has 0 aromatic heterocycles. The minimum atomic E-state index is -1.03. The number of fused-ring (bicyclic) bond motifs is 1. The molecule has 0 bridgehead atoms. The molecule has 3 aromatic rings. The Morgan fingerprint density at radius 2 is 1.83 bits per heavy atom. The summed E-state index contributed by atoms with van der Waals surface area (Å²) in [5.74, 6) is -0.506. The van der Waals surface area contributed by atoms with Crippen LogP contribution in [0, 0.1) is 0 Å². The number of hydrogen-bond donors (Lipinski definition) is 1. The van der Waals surface area contributed by atoms with Crippen LogP contribution in [0.4, 0.5) is 0 Å². The lowest BCUT2D eigenvalue weighted by atomic mass is 10.0. The van der Waals surface area contributed by atoms with Gasteiger partial charge in [-0.15, -0.1) is 0 Å². The van der Waals surface area contributed by atoms with Crippen molar-refractivity contribution in [1.82, 2.24) is 0 Å². The summed E-state index contributed by atoms with van der Waals surface area (Å²) < 4.78 is 16.3. The zero-order valence-corrected chi connectivity index (χ0v) is 16.0. The Bertz CT molecular complexity index is 1080. The topological polar surface area (TPSA) is 82.1 Å².